The number of oxazole rings is 1. The van der Waals surface area contributed by atoms with Gasteiger partial charge in [-0.05, 0) is 49.4 Å². The van der Waals surface area contributed by atoms with Crippen molar-refractivity contribution in [1.82, 2.24) is 4.57 Å². The van der Waals surface area contributed by atoms with Crippen LogP contribution in [-0.2, 0) is 4.79 Å². The molecule has 0 aliphatic carbocycles. The number of carbonyl (C=O) groups excluding carboxylic acids is 1. The zero-order valence-electron chi connectivity index (χ0n) is 13.0. The smallest absolute Gasteiger partial charge is 0.420 e. The number of nitrogens with zero attached hydrogens (tertiary/aromatic N) is 1. The summed E-state index contributed by atoms with van der Waals surface area (Å²) in [6.07, 6.45) is 0. The van der Waals surface area contributed by atoms with Gasteiger partial charge in [0, 0.05) is 10.7 Å². The number of fused-ring (bicyclic) bond motifs is 1. The number of carbonyl (C=O) groups is 2. The topological polar surface area (TPSA) is 102 Å². The summed E-state index contributed by atoms with van der Waals surface area (Å²) in [5, 5.41) is 12.2. The molecule has 0 aliphatic heterocycles. The second kappa shape index (κ2) is 6.45. The van der Waals surface area contributed by atoms with Gasteiger partial charge in [-0.2, -0.15) is 0 Å². The van der Waals surface area contributed by atoms with Crippen LogP contribution < -0.4 is 11.1 Å². The third kappa shape index (κ3) is 3.27. The third-order valence-electron chi connectivity index (χ3n) is 3.74. The Hall–Kier alpha value is -3.06. The summed E-state index contributed by atoms with van der Waals surface area (Å²) < 4.78 is 6.25. The largest absolute Gasteiger partial charge is 0.478 e. The van der Waals surface area contributed by atoms with E-state index in [-0.39, 0.29) is 11.1 Å². The predicted molar refractivity (Wildman–Crippen MR) is 92.2 cm³/mol. The highest BCUT2D eigenvalue weighted by molar-refractivity contribution is 6.30. The average Bonchev–Trinajstić information content (AvgIpc) is 2.90. The molecule has 128 valence electrons. The van der Waals surface area contributed by atoms with E-state index >= 15 is 0 Å². The molecular weight excluding hydrogens is 348 g/mol. The van der Waals surface area contributed by atoms with Crippen molar-refractivity contribution in [1.29, 1.82) is 0 Å². The van der Waals surface area contributed by atoms with Crippen LogP contribution >= 0.6 is 11.6 Å². The summed E-state index contributed by atoms with van der Waals surface area (Å²) in [6, 6.07) is 9.73. The molecule has 1 heterocycles. The van der Waals surface area contributed by atoms with Crippen LogP contribution in [0.4, 0.5) is 5.69 Å². The number of hydrogen-bond donors (Lipinski definition) is 2. The van der Waals surface area contributed by atoms with E-state index < -0.39 is 23.7 Å². The summed E-state index contributed by atoms with van der Waals surface area (Å²) in [6.45, 7) is 1.55. The summed E-state index contributed by atoms with van der Waals surface area (Å²) in [4.78, 5) is 35.5. The standard InChI is InChI=1S/C17H13ClN2O5/c1-9(15(21)19-12-5-3-11(18)4-6-12)20-13-7-2-10(16(22)23)8-14(13)25-17(20)24/h2-9H,1H3,(H,19,21)(H,22,23). The van der Waals surface area contributed by atoms with Gasteiger partial charge in [-0.1, -0.05) is 11.6 Å². The summed E-state index contributed by atoms with van der Waals surface area (Å²) in [5.74, 6) is -2.29. The Morgan fingerprint density at radius 1 is 1.20 bits per heavy atom. The maximum absolute atomic E-state index is 12.4. The number of rotatable bonds is 4. The number of anilines is 1. The zero-order chi connectivity index (χ0) is 18.1. The van der Waals surface area contributed by atoms with Crippen LogP contribution in [0.2, 0.25) is 5.02 Å². The molecule has 8 heteroatoms. The van der Waals surface area contributed by atoms with Crippen LogP contribution in [0.3, 0.4) is 0 Å². The number of aromatic nitrogens is 1. The molecule has 2 aromatic carbocycles. The molecule has 7 nitrogen and oxygen atoms in total. The molecule has 0 bridgehead atoms. The number of hydrogen-bond acceptors (Lipinski definition) is 4. The van der Waals surface area contributed by atoms with Crippen LogP contribution in [0.1, 0.15) is 23.3 Å². The Morgan fingerprint density at radius 3 is 2.52 bits per heavy atom. The van der Waals surface area contributed by atoms with Crippen LogP contribution in [0.5, 0.6) is 0 Å². The number of nitrogens with one attached hydrogen (secondary N) is 1. The van der Waals surface area contributed by atoms with Gasteiger partial charge in [-0.15, -0.1) is 0 Å². The molecule has 0 saturated carbocycles. The number of amides is 1. The van der Waals surface area contributed by atoms with Crippen molar-refractivity contribution in [2.24, 2.45) is 0 Å². The highest BCUT2D eigenvalue weighted by Gasteiger charge is 2.22. The zero-order valence-corrected chi connectivity index (χ0v) is 13.8. The molecule has 0 saturated heterocycles. The first-order chi connectivity index (χ1) is 11.9. The van der Waals surface area contributed by atoms with Crippen LogP contribution in [0.15, 0.2) is 51.7 Å². The first-order valence-corrected chi connectivity index (χ1v) is 7.69. The van der Waals surface area contributed by atoms with Gasteiger partial charge in [0.25, 0.3) is 0 Å². The minimum Gasteiger partial charge on any atom is -0.478 e. The van der Waals surface area contributed by atoms with Crippen molar-refractivity contribution in [2.45, 2.75) is 13.0 Å². The van der Waals surface area contributed by atoms with Crippen molar-refractivity contribution >= 4 is 40.3 Å². The first-order valence-electron chi connectivity index (χ1n) is 7.31. The second-order valence-corrected chi connectivity index (χ2v) is 5.83. The lowest BCUT2D eigenvalue weighted by molar-refractivity contribution is -0.118. The summed E-state index contributed by atoms with van der Waals surface area (Å²) in [7, 11) is 0. The monoisotopic (exact) mass is 360 g/mol. The van der Waals surface area contributed by atoms with Crippen LogP contribution in [-0.4, -0.2) is 21.6 Å². The molecule has 0 radical (unpaired) electrons. The predicted octanol–water partition coefficient (Wildman–Crippen LogP) is 3.15. The van der Waals surface area contributed by atoms with Crippen LogP contribution in [0, 0.1) is 0 Å². The maximum atomic E-state index is 12.4. The molecule has 1 atom stereocenters. The van der Waals surface area contributed by atoms with Gasteiger partial charge in [0.1, 0.15) is 6.04 Å². The normalized spacial score (nSPS) is 12.1. The van der Waals surface area contributed by atoms with Crippen LogP contribution in [0.25, 0.3) is 11.1 Å². The van der Waals surface area contributed by atoms with E-state index in [0.29, 0.717) is 16.2 Å². The fourth-order valence-corrected chi connectivity index (χ4v) is 2.56. The van der Waals surface area contributed by atoms with Gasteiger partial charge < -0.3 is 14.8 Å². The lowest BCUT2D eigenvalue weighted by atomic mass is 10.2. The third-order valence-corrected chi connectivity index (χ3v) is 3.99. The van der Waals surface area contributed by atoms with E-state index in [4.69, 9.17) is 21.1 Å². The van der Waals surface area contributed by atoms with Crippen molar-refractivity contribution in [3.63, 3.8) is 0 Å². The van der Waals surface area contributed by atoms with Crippen molar-refractivity contribution in [2.75, 3.05) is 5.32 Å². The highest BCUT2D eigenvalue weighted by Crippen LogP contribution is 2.20. The summed E-state index contributed by atoms with van der Waals surface area (Å²) in [5.41, 5.74) is 0.978. The molecule has 3 rings (SSSR count). The minimum absolute atomic E-state index is 0.00771. The van der Waals surface area contributed by atoms with E-state index in [0.717, 1.165) is 0 Å². The summed E-state index contributed by atoms with van der Waals surface area (Å²) >= 11 is 5.80. The van der Waals surface area contributed by atoms with Crippen molar-refractivity contribution in [3.05, 3.63) is 63.6 Å². The molecule has 25 heavy (non-hydrogen) atoms. The van der Waals surface area contributed by atoms with E-state index in [1.54, 1.807) is 31.2 Å². The Labute approximate surface area is 146 Å². The quantitative estimate of drug-likeness (QED) is 0.744. The molecule has 1 unspecified atom stereocenters. The fourth-order valence-electron chi connectivity index (χ4n) is 2.43. The SMILES string of the molecule is CC(C(=O)Nc1ccc(Cl)cc1)n1c(=O)oc2cc(C(=O)O)ccc21. The first kappa shape index (κ1) is 16.8. The Bertz CT molecular complexity index is 1020. The number of aromatic carboxylic acids is 1. The molecule has 3 aromatic rings. The highest BCUT2D eigenvalue weighted by atomic mass is 35.5. The molecule has 0 fully saturated rings. The van der Waals surface area contributed by atoms with Gasteiger partial charge >= 0.3 is 11.7 Å². The number of carboxylic acid groups (broad SMARTS) is 1. The number of halogens is 1. The van der Waals surface area contributed by atoms with Gasteiger partial charge in [0.2, 0.25) is 5.91 Å². The van der Waals surface area contributed by atoms with Crippen molar-refractivity contribution in [3.8, 4) is 0 Å². The van der Waals surface area contributed by atoms with E-state index in [9.17, 15) is 14.4 Å². The van der Waals surface area contributed by atoms with E-state index in [1.807, 2.05) is 0 Å². The van der Waals surface area contributed by atoms with Gasteiger partial charge in [-0.3, -0.25) is 9.36 Å². The Balaban J connectivity index is 1.93. The van der Waals surface area contributed by atoms with E-state index in [1.165, 1.54) is 22.8 Å². The average molecular weight is 361 g/mol. The van der Waals surface area contributed by atoms with Gasteiger partial charge in [0.15, 0.2) is 5.58 Å². The maximum Gasteiger partial charge on any atom is 0.420 e. The van der Waals surface area contributed by atoms with Gasteiger partial charge in [0.05, 0.1) is 11.1 Å². The molecule has 0 aliphatic rings. The lowest BCUT2D eigenvalue weighted by Crippen LogP contribution is -2.29. The lowest BCUT2D eigenvalue weighted by Gasteiger charge is -2.13. The number of carboxylic acids is 1. The molecule has 1 aromatic heterocycles. The molecular formula is C17H13ClN2O5. The molecule has 2 N–H and O–H groups in total. The Kier molecular flexibility index (Phi) is 4.33. The minimum atomic E-state index is -1.13. The molecule has 0 spiro atoms. The Morgan fingerprint density at radius 2 is 1.88 bits per heavy atom. The number of benzene rings is 2. The van der Waals surface area contributed by atoms with E-state index in [2.05, 4.69) is 5.32 Å². The molecule has 1 amide bonds. The van der Waals surface area contributed by atoms with Gasteiger partial charge in [-0.25, -0.2) is 9.59 Å². The fraction of sp³-hybridized carbons (Fsp3) is 0.118. The van der Waals surface area contributed by atoms with Crippen molar-refractivity contribution < 1.29 is 19.1 Å². The second-order valence-electron chi connectivity index (χ2n) is 5.40.